The number of hydrogen-bond donors (Lipinski definition) is 0. The number of likely N-dealkylation sites (N-methyl/N-ethyl adjacent to an activating group) is 1. The first kappa shape index (κ1) is 15.0. The summed E-state index contributed by atoms with van der Waals surface area (Å²) in [6, 6.07) is 13.3. The van der Waals surface area contributed by atoms with Gasteiger partial charge in [-0.2, -0.15) is 5.10 Å². The van der Waals surface area contributed by atoms with Gasteiger partial charge in [-0.05, 0) is 54.4 Å². The lowest BCUT2D eigenvalue weighted by Crippen LogP contribution is -2.28. The molecule has 0 aliphatic carbocycles. The lowest BCUT2D eigenvalue weighted by Gasteiger charge is -2.17. The van der Waals surface area contributed by atoms with E-state index in [9.17, 15) is 4.79 Å². The molecule has 0 bridgehead atoms. The van der Waals surface area contributed by atoms with Crippen molar-refractivity contribution < 1.29 is 4.79 Å². The summed E-state index contributed by atoms with van der Waals surface area (Å²) < 4.78 is 1.77. The molecular formula is C18H18N4O. The third-order valence-corrected chi connectivity index (χ3v) is 3.72. The standard InChI is InChI=1S/C18H18N4O/c1-21(14-9-15-7-11-19-12-8-15)18(23)16-3-5-17(6-4-16)22-13-2-10-20-22/h2-8,10-13H,9,14H2,1H3. The molecule has 0 saturated carbocycles. The molecule has 3 rings (SSSR count). The van der Waals surface area contributed by atoms with Crippen LogP contribution in [0.25, 0.3) is 5.69 Å². The highest BCUT2D eigenvalue weighted by Crippen LogP contribution is 2.11. The van der Waals surface area contributed by atoms with E-state index in [1.54, 1.807) is 28.2 Å². The lowest BCUT2D eigenvalue weighted by atomic mass is 10.1. The quantitative estimate of drug-likeness (QED) is 0.728. The lowest BCUT2D eigenvalue weighted by molar-refractivity contribution is 0.0796. The Morgan fingerprint density at radius 1 is 1.09 bits per heavy atom. The molecule has 0 atom stereocenters. The molecule has 0 spiro atoms. The van der Waals surface area contributed by atoms with Crippen molar-refractivity contribution in [2.75, 3.05) is 13.6 Å². The average Bonchev–Trinajstić information content (AvgIpc) is 3.15. The van der Waals surface area contributed by atoms with Gasteiger partial charge in [-0.15, -0.1) is 0 Å². The van der Waals surface area contributed by atoms with Gasteiger partial charge in [0.1, 0.15) is 0 Å². The van der Waals surface area contributed by atoms with Gasteiger partial charge in [-0.25, -0.2) is 4.68 Å². The molecule has 0 radical (unpaired) electrons. The van der Waals surface area contributed by atoms with Crippen LogP contribution in [-0.2, 0) is 6.42 Å². The number of pyridine rings is 1. The summed E-state index contributed by atoms with van der Waals surface area (Å²) in [5, 5.41) is 4.18. The minimum Gasteiger partial charge on any atom is -0.341 e. The fraction of sp³-hybridized carbons (Fsp3) is 0.167. The third kappa shape index (κ3) is 3.63. The van der Waals surface area contributed by atoms with E-state index in [4.69, 9.17) is 0 Å². The Hall–Kier alpha value is -2.95. The van der Waals surface area contributed by atoms with Gasteiger partial charge in [-0.3, -0.25) is 9.78 Å². The monoisotopic (exact) mass is 306 g/mol. The van der Waals surface area contributed by atoms with Gasteiger partial charge in [0.05, 0.1) is 5.69 Å². The molecule has 23 heavy (non-hydrogen) atoms. The van der Waals surface area contributed by atoms with Gasteiger partial charge < -0.3 is 4.90 Å². The molecule has 0 N–H and O–H groups in total. The Kier molecular flexibility index (Phi) is 4.47. The van der Waals surface area contributed by atoms with E-state index < -0.39 is 0 Å². The SMILES string of the molecule is CN(CCc1ccncc1)C(=O)c1ccc(-n2cccn2)cc1. The number of carbonyl (C=O) groups is 1. The molecule has 0 saturated heterocycles. The van der Waals surface area contributed by atoms with Crippen LogP contribution < -0.4 is 0 Å². The Labute approximate surface area is 135 Å². The third-order valence-electron chi connectivity index (χ3n) is 3.72. The highest BCUT2D eigenvalue weighted by molar-refractivity contribution is 5.94. The fourth-order valence-electron chi connectivity index (χ4n) is 2.35. The topological polar surface area (TPSA) is 51.0 Å². The Balaban J connectivity index is 1.63. The van der Waals surface area contributed by atoms with E-state index in [1.165, 1.54) is 5.56 Å². The zero-order valence-electron chi connectivity index (χ0n) is 13.0. The molecule has 2 aromatic heterocycles. The van der Waals surface area contributed by atoms with Crippen molar-refractivity contribution in [3.63, 3.8) is 0 Å². The second-order valence-electron chi connectivity index (χ2n) is 5.33. The van der Waals surface area contributed by atoms with Gasteiger partial charge in [0, 0.05) is 43.9 Å². The molecule has 1 aromatic carbocycles. The highest BCUT2D eigenvalue weighted by atomic mass is 16.2. The summed E-state index contributed by atoms with van der Waals surface area (Å²) in [5.41, 5.74) is 2.79. The zero-order chi connectivity index (χ0) is 16.1. The molecule has 0 aliphatic rings. The Morgan fingerprint density at radius 2 is 1.83 bits per heavy atom. The van der Waals surface area contributed by atoms with Gasteiger partial charge in [0.25, 0.3) is 5.91 Å². The first-order valence-corrected chi connectivity index (χ1v) is 7.48. The number of benzene rings is 1. The highest BCUT2D eigenvalue weighted by Gasteiger charge is 2.11. The van der Waals surface area contributed by atoms with E-state index in [-0.39, 0.29) is 5.91 Å². The second-order valence-corrected chi connectivity index (χ2v) is 5.33. The Bertz CT molecular complexity index is 751. The summed E-state index contributed by atoms with van der Waals surface area (Å²) in [5.74, 6) is 0.0195. The van der Waals surface area contributed by atoms with Gasteiger partial charge in [0.15, 0.2) is 0 Å². The summed E-state index contributed by atoms with van der Waals surface area (Å²) >= 11 is 0. The fourth-order valence-corrected chi connectivity index (χ4v) is 2.35. The van der Waals surface area contributed by atoms with Crippen LogP contribution in [-0.4, -0.2) is 39.2 Å². The van der Waals surface area contributed by atoms with E-state index in [0.717, 1.165) is 12.1 Å². The van der Waals surface area contributed by atoms with Crippen molar-refractivity contribution in [1.82, 2.24) is 19.7 Å². The van der Waals surface area contributed by atoms with E-state index in [1.807, 2.05) is 55.7 Å². The molecule has 116 valence electrons. The molecule has 5 nitrogen and oxygen atoms in total. The summed E-state index contributed by atoms with van der Waals surface area (Å²) in [6.45, 7) is 0.670. The van der Waals surface area contributed by atoms with Gasteiger partial charge in [0.2, 0.25) is 0 Å². The summed E-state index contributed by atoms with van der Waals surface area (Å²) in [6.07, 6.45) is 7.95. The molecule has 3 aromatic rings. The molecule has 1 amide bonds. The maximum atomic E-state index is 12.5. The second kappa shape index (κ2) is 6.87. The van der Waals surface area contributed by atoms with E-state index >= 15 is 0 Å². The van der Waals surface area contributed by atoms with Crippen molar-refractivity contribution in [3.05, 3.63) is 78.4 Å². The molecule has 0 aliphatic heterocycles. The van der Waals surface area contributed by atoms with E-state index in [2.05, 4.69) is 10.1 Å². The normalized spacial score (nSPS) is 10.5. The maximum Gasteiger partial charge on any atom is 0.253 e. The molecule has 5 heteroatoms. The van der Waals surface area contributed by atoms with Crippen molar-refractivity contribution >= 4 is 5.91 Å². The first-order chi connectivity index (χ1) is 11.2. The zero-order valence-corrected chi connectivity index (χ0v) is 13.0. The molecule has 0 unspecified atom stereocenters. The van der Waals surface area contributed by atoms with Crippen molar-refractivity contribution in [3.8, 4) is 5.69 Å². The molecule has 0 fully saturated rings. The summed E-state index contributed by atoms with van der Waals surface area (Å²) in [4.78, 5) is 18.2. The average molecular weight is 306 g/mol. The number of aromatic nitrogens is 3. The van der Waals surface area contributed by atoms with Crippen LogP contribution in [0.5, 0.6) is 0 Å². The minimum absolute atomic E-state index is 0.0195. The van der Waals surface area contributed by atoms with Gasteiger partial charge >= 0.3 is 0 Å². The smallest absolute Gasteiger partial charge is 0.253 e. The van der Waals surface area contributed by atoms with Crippen LogP contribution in [0.3, 0.4) is 0 Å². The number of amides is 1. The van der Waals surface area contributed by atoms with Crippen LogP contribution in [0.2, 0.25) is 0 Å². The first-order valence-electron chi connectivity index (χ1n) is 7.48. The minimum atomic E-state index is 0.0195. The Morgan fingerprint density at radius 3 is 2.48 bits per heavy atom. The van der Waals surface area contributed by atoms with Crippen LogP contribution in [0.15, 0.2) is 67.3 Å². The number of rotatable bonds is 5. The molecular weight excluding hydrogens is 288 g/mol. The number of carbonyl (C=O) groups excluding carboxylic acids is 1. The largest absolute Gasteiger partial charge is 0.341 e. The predicted molar refractivity (Wildman–Crippen MR) is 88.5 cm³/mol. The van der Waals surface area contributed by atoms with Crippen LogP contribution in [0.4, 0.5) is 0 Å². The number of nitrogens with zero attached hydrogens (tertiary/aromatic N) is 4. The summed E-state index contributed by atoms with van der Waals surface area (Å²) in [7, 11) is 1.82. The van der Waals surface area contributed by atoms with E-state index in [0.29, 0.717) is 12.1 Å². The maximum absolute atomic E-state index is 12.5. The van der Waals surface area contributed by atoms with Crippen LogP contribution in [0, 0.1) is 0 Å². The van der Waals surface area contributed by atoms with Gasteiger partial charge in [-0.1, -0.05) is 0 Å². The molecule has 2 heterocycles. The number of hydrogen-bond acceptors (Lipinski definition) is 3. The predicted octanol–water partition coefficient (Wildman–Crippen LogP) is 2.58. The van der Waals surface area contributed by atoms with Crippen molar-refractivity contribution in [2.45, 2.75) is 6.42 Å². The van der Waals surface area contributed by atoms with Crippen molar-refractivity contribution in [2.24, 2.45) is 0 Å². The van der Waals surface area contributed by atoms with Crippen molar-refractivity contribution in [1.29, 1.82) is 0 Å². The van der Waals surface area contributed by atoms with Crippen LogP contribution >= 0.6 is 0 Å². The van der Waals surface area contributed by atoms with Crippen LogP contribution in [0.1, 0.15) is 15.9 Å².